The van der Waals surface area contributed by atoms with Crippen LogP contribution < -0.4 is 14.4 Å². The second-order valence-corrected chi connectivity index (χ2v) is 6.70. The lowest BCUT2D eigenvalue weighted by molar-refractivity contribution is -0.137. The van der Waals surface area contributed by atoms with Gasteiger partial charge in [0.2, 0.25) is 0 Å². The van der Waals surface area contributed by atoms with E-state index in [0.717, 1.165) is 31.9 Å². The molecule has 0 aliphatic carbocycles. The van der Waals surface area contributed by atoms with Gasteiger partial charge in [0.15, 0.2) is 5.82 Å². The summed E-state index contributed by atoms with van der Waals surface area (Å²) in [6.07, 6.45) is 1.21. The van der Waals surface area contributed by atoms with Crippen molar-refractivity contribution in [3.05, 3.63) is 36.0 Å². The summed E-state index contributed by atoms with van der Waals surface area (Å²) < 4.78 is 51.5. The fourth-order valence-corrected chi connectivity index (χ4v) is 2.70. The number of rotatable bonds is 11. The Morgan fingerprint density at radius 3 is 2.48 bits per heavy atom. The third kappa shape index (κ3) is 6.80. The van der Waals surface area contributed by atoms with E-state index in [2.05, 4.69) is 16.9 Å². The van der Waals surface area contributed by atoms with Crippen LogP contribution in [0, 0.1) is 0 Å². The molecule has 0 atom stereocenters. The van der Waals surface area contributed by atoms with E-state index in [9.17, 15) is 13.2 Å². The number of ether oxygens (including phenoxy) is 2. The molecule has 0 unspecified atom stereocenters. The minimum atomic E-state index is -4.58. The van der Waals surface area contributed by atoms with Crippen molar-refractivity contribution in [3.63, 3.8) is 0 Å². The molecule has 0 spiro atoms. The number of halogens is 3. The molecule has 0 bridgehead atoms. The summed E-state index contributed by atoms with van der Waals surface area (Å²) in [6.45, 7) is 4.94. The summed E-state index contributed by atoms with van der Waals surface area (Å²) in [5.74, 6) is 0.342. The highest BCUT2D eigenvalue weighted by Gasteiger charge is 2.36. The van der Waals surface area contributed by atoms with Crippen molar-refractivity contribution in [2.24, 2.45) is 0 Å². The third-order valence-electron chi connectivity index (χ3n) is 4.28. The van der Waals surface area contributed by atoms with E-state index < -0.39 is 11.7 Å². The summed E-state index contributed by atoms with van der Waals surface area (Å²) in [6, 6.07) is 6.87. The largest absolute Gasteiger partial charge is 0.494 e. The normalized spacial score (nSPS) is 11.4. The van der Waals surface area contributed by atoms with Crippen LogP contribution in [0.1, 0.15) is 51.5 Å². The van der Waals surface area contributed by atoms with Gasteiger partial charge in [-0.05, 0) is 25.0 Å². The van der Waals surface area contributed by atoms with Crippen LogP contribution in [0.5, 0.6) is 11.8 Å². The molecule has 0 fully saturated rings. The highest BCUT2D eigenvalue weighted by Crippen LogP contribution is 2.38. The molecule has 0 aliphatic heterocycles. The van der Waals surface area contributed by atoms with E-state index in [1.807, 2.05) is 6.92 Å². The van der Waals surface area contributed by atoms with E-state index in [1.54, 1.807) is 24.3 Å². The molecule has 0 radical (unpaired) electrons. The average molecular weight is 411 g/mol. The molecule has 8 heteroatoms. The molecule has 29 heavy (non-hydrogen) atoms. The first kappa shape index (κ1) is 22.8. The number of anilines is 2. The molecule has 2 aromatic rings. The molecule has 1 heterocycles. The van der Waals surface area contributed by atoms with E-state index in [-0.39, 0.29) is 11.8 Å². The number of hydrogen-bond acceptors (Lipinski definition) is 5. The minimum absolute atomic E-state index is 0.0787. The Morgan fingerprint density at radius 2 is 1.79 bits per heavy atom. The Morgan fingerprint density at radius 1 is 1.00 bits per heavy atom. The predicted molar refractivity (Wildman–Crippen MR) is 107 cm³/mol. The maximum Gasteiger partial charge on any atom is 0.421 e. The van der Waals surface area contributed by atoms with Gasteiger partial charge in [-0.2, -0.15) is 18.2 Å². The van der Waals surface area contributed by atoms with Crippen molar-refractivity contribution < 1.29 is 22.6 Å². The molecular formula is C21H28F3N3O2. The van der Waals surface area contributed by atoms with Crippen molar-refractivity contribution in [1.29, 1.82) is 0 Å². The Bertz CT molecular complexity index is 769. The highest BCUT2D eigenvalue weighted by atomic mass is 19.4. The molecule has 0 aliphatic rings. The Labute approximate surface area is 169 Å². The molecule has 5 nitrogen and oxygen atoms in total. The quantitative estimate of drug-likeness (QED) is 0.424. The number of benzene rings is 1. The summed E-state index contributed by atoms with van der Waals surface area (Å²) in [5.41, 5.74) is -0.392. The van der Waals surface area contributed by atoms with Crippen molar-refractivity contribution in [3.8, 4) is 11.8 Å². The van der Waals surface area contributed by atoms with E-state index in [1.165, 1.54) is 11.9 Å². The molecule has 1 aromatic heterocycles. The van der Waals surface area contributed by atoms with Crippen molar-refractivity contribution in [2.45, 2.75) is 52.1 Å². The molecule has 0 saturated heterocycles. The number of nitrogens with zero attached hydrogens (tertiary/aromatic N) is 3. The fraction of sp³-hybridized carbons (Fsp3) is 0.524. The summed E-state index contributed by atoms with van der Waals surface area (Å²) in [4.78, 5) is 9.08. The second kappa shape index (κ2) is 10.9. The Hall–Kier alpha value is -2.51. The average Bonchev–Trinajstić information content (AvgIpc) is 2.71. The Kier molecular flexibility index (Phi) is 8.54. The van der Waals surface area contributed by atoms with Gasteiger partial charge in [0.05, 0.1) is 13.2 Å². The topological polar surface area (TPSA) is 47.5 Å². The van der Waals surface area contributed by atoms with Gasteiger partial charge in [0.25, 0.3) is 0 Å². The fourth-order valence-electron chi connectivity index (χ4n) is 2.70. The van der Waals surface area contributed by atoms with Crippen LogP contribution in [0.3, 0.4) is 0 Å². The van der Waals surface area contributed by atoms with Crippen LogP contribution in [-0.2, 0) is 6.18 Å². The predicted octanol–water partition coefficient (Wildman–Crippen LogP) is 6.01. The first-order chi connectivity index (χ1) is 13.9. The molecular weight excluding hydrogens is 383 g/mol. The van der Waals surface area contributed by atoms with Gasteiger partial charge in [-0.3, -0.25) is 0 Å². The van der Waals surface area contributed by atoms with Crippen LogP contribution in [0.4, 0.5) is 24.7 Å². The molecule has 0 N–H and O–H groups in total. The van der Waals surface area contributed by atoms with E-state index >= 15 is 0 Å². The first-order valence-electron chi connectivity index (χ1n) is 9.90. The molecule has 0 saturated carbocycles. The monoisotopic (exact) mass is 411 g/mol. The van der Waals surface area contributed by atoms with E-state index in [4.69, 9.17) is 9.47 Å². The van der Waals surface area contributed by atoms with Crippen LogP contribution in [-0.4, -0.2) is 30.2 Å². The van der Waals surface area contributed by atoms with E-state index in [0.29, 0.717) is 31.1 Å². The maximum atomic E-state index is 13.5. The summed E-state index contributed by atoms with van der Waals surface area (Å²) in [5, 5.41) is 0. The van der Waals surface area contributed by atoms with Crippen molar-refractivity contribution in [1.82, 2.24) is 9.97 Å². The lowest BCUT2D eigenvalue weighted by atomic mass is 10.2. The molecule has 1 aromatic carbocycles. The van der Waals surface area contributed by atoms with Crippen LogP contribution in [0.2, 0.25) is 0 Å². The minimum Gasteiger partial charge on any atom is -0.494 e. The van der Waals surface area contributed by atoms with Gasteiger partial charge < -0.3 is 14.4 Å². The SMILES string of the molecule is CCCCCCOc1cccc(N(C)c2nc(OCCC)ncc2C(F)(F)F)c1. The van der Waals surface area contributed by atoms with Crippen LogP contribution in [0.25, 0.3) is 0 Å². The number of aromatic nitrogens is 2. The summed E-state index contributed by atoms with van der Waals surface area (Å²) in [7, 11) is 1.53. The van der Waals surface area contributed by atoms with Crippen LogP contribution >= 0.6 is 0 Å². The van der Waals surface area contributed by atoms with Gasteiger partial charge in [-0.15, -0.1) is 0 Å². The lowest BCUT2D eigenvalue weighted by Crippen LogP contribution is -2.19. The lowest BCUT2D eigenvalue weighted by Gasteiger charge is -2.23. The standard InChI is InChI=1S/C21H28F3N3O2/c1-4-6-7-8-13-28-17-11-9-10-16(14-17)27(3)19-18(21(22,23)24)15-25-20(26-19)29-12-5-2/h9-11,14-15H,4-8,12-13H2,1-3H3. The van der Waals surface area contributed by atoms with Crippen molar-refractivity contribution in [2.75, 3.05) is 25.2 Å². The van der Waals surface area contributed by atoms with Gasteiger partial charge in [-0.1, -0.05) is 39.2 Å². The van der Waals surface area contributed by atoms with Crippen LogP contribution in [0.15, 0.2) is 30.5 Å². The smallest absolute Gasteiger partial charge is 0.421 e. The maximum absolute atomic E-state index is 13.5. The first-order valence-corrected chi connectivity index (χ1v) is 9.90. The number of unbranched alkanes of at least 4 members (excludes halogenated alkanes) is 3. The molecule has 2 rings (SSSR count). The van der Waals surface area contributed by atoms with Gasteiger partial charge in [0.1, 0.15) is 11.3 Å². The zero-order valence-electron chi connectivity index (χ0n) is 17.1. The molecule has 160 valence electrons. The van der Waals surface area contributed by atoms with Gasteiger partial charge in [-0.25, -0.2) is 4.98 Å². The van der Waals surface area contributed by atoms with Gasteiger partial charge in [0, 0.05) is 25.0 Å². The second-order valence-electron chi connectivity index (χ2n) is 6.70. The molecule has 0 amide bonds. The Balaban J connectivity index is 2.23. The van der Waals surface area contributed by atoms with Crippen molar-refractivity contribution >= 4 is 11.5 Å². The third-order valence-corrected chi connectivity index (χ3v) is 4.28. The number of hydrogen-bond donors (Lipinski definition) is 0. The van der Waals surface area contributed by atoms with Gasteiger partial charge >= 0.3 is 12.2 Å². The summed E-state index contributed by atoms with van der Waals surface area (Å²) >= 11 is 0. The highest BCUT2D eigenvalue weighted by molar-refractivity contribution is 5.64. The zero-order valence-corrected chi connectivity index (χ0v) is 17.1. The zero-order chi connectivity index (χ0) is 21.3. The number of alkyl halides is 3.